The molecule has 3 unspecified atom stereocenters. The van der Waals surface area contributed by atoms with Crippen LogP contribution in [0.3, 0.4) is 0 Å². The fourth-order valence-corrected chi connectivity index (χ4v) is 3.84. The molecule has 0 saturated heterocycles. The fourth-order valence-electron chi connectivity index (χ4n) is 3.64. The molecule has 116 valence electrons. The maximum atomic E-state index is 11.7. The minimum absolute atomic E-state index is 0.167. The molecule has 0 spiro atoms. The van der Waals surface area contributed by atoms with Crippen molar-refractivity contribution in [3.63, 3.8) is 0 Å². The van der Waals surface area contributed by atoms with E-state index in [0.717, 1.165) is 24.4 Å². The molecule has 3 heteroatoms. The predicted octanol–water partition coefficient (Wildman–Crippen LogP) is 4.73. The van der Waals surface area contributed by atoms with Crippen LogP contribution in [0.4, 0.5) is 0 Å². The first-order chi connectivity index (χ1) is 9.96. The van der Waals surface area contributed by atoms with Gasteiger partial charge in [0.1, 0.15) is 6.29 Å². The number of hydrogen-bond acceptors (Lipinski definition) is 2. The molecular weight excluding hydrogens is 282 g/mol. The van der Waals surface area contributed by atoms with Gasteiger partial charge in [-0.05, 0) is 50.4 Å². The molecule has 0 radical (unpaired) electrons. The van der Waals surface area contributed by atoms with Gasteiger partial charge in [0.15, 0.2) is 0 Å². The van der Waals surface area contributed by atoms with Gasteiger partial charge in [0, 0.05) is 23.0 Å². The van der Waals surface area contributed by atoms with E-state index in [2.05, 4.69) is 31.9 Å². The average molecular weight is 308 g/mol. The molecule has 1 aliphatic carbocycles. The molecule has 2 nitrogen and oxygen atoms in total. The third kappa shape index (κ3) is 4.08. The molecule has 1 aliphatic rings. The van der Waals surface area contributed by atoms with E-state index in [1.54, 1.807) is 0 Å². The summed E-state index contributed by atoms with van der Waals surface area (Å²) < 4.78 is 0. The number of halogens is 1. The van der Waals surface area contributed by atoms with Crippen LogP contribution in [0.2, 0.25) is 5.02 Å². The first kappa shape index (κ1) is 16.5. The average Bonchev–Trinajstić information content (AvgIpc) is 2.46. The molecule has 0 heterocycles. The molecule has 0 amide bonds. The van der Waals surface area contributed by atoms with Gasteiger partial charge in [-0.15, -0.1) is 0 Å². The summed E-state index contributed by atoms with van der Waals surface area (Å²) in [4.78, 5) is 14.0. The second-order valence-electron chi connectivity index (χ2n) is 6.83. The van der Waals surface area contributed by atoms with Crippen molar-refractivity contribution in [3.8, 4) is 0 Å². The van der Waals surface area contributed by atoms with Crippen LogP contribution < -0.4 is 0 Å². The Morgan fingerprint density at radius 3 is 2.90 bits per heavy atom. The summed E-state index contributed by atoms with van der Waals surface area (Å²) >= 11 is 6.08. The number of nitrogens with zero attached hydrogens (tertiary/aromatic N) is 1. The summed E-state index contributed by atoms with van der Waals surface area (Å²) in [5.41, 5.74) is 1.04. The van der Waals surface area contributed by atoms with E-state index in [9.17, 15) is 4.79 Å². The first-order valence-corrected chi connectivity index (χ1v) is 8.25. The van der Waals surface area contributed by atoms with E-state index in [0.29, 0.717) is 5.92 Å². The summed E-state index contributed by atoms with van der Waals surface area (Å²) in [6, 6.07) is 8.26. The lowest BCUT2D eigenvalue weighted by Crippen LogP contribution is -2.41. The van der Waals surface area contributed by atoms with Crippen LogP contribution in [0.5, 0.6) is 0 Å². The Balaban J connectivity index is 2.08. The Bertz CT molecular complexity index is 490. The highest BCUT2D eigenvalue weighted by Gasteiger charge is 2.36. The van der Waals surface area contributed by atoms with E-state index in [4.69, 9.17) is 11.6 Å². The molecule has 21 heavy (non-hydrogen) atoms. The van der Waals surface area contributed by atoms with Crippen LogP contribution in [0.1, 0.15) is 51.1 Å². The van der Waals surface area contributed by atoms with Crippen molar-refractivity contribution in [2.45, 2.75) is 45.6 Å². The van der Waals surface area contributed by atoms with Crippen LogP contribution >= 0.6 is 11.6 Å². The van der Waals surface area contributed by atoms with Crippen molar-refractivity contribution in [1.29, 1.82) is 0 Å². The van der Waals surface area contributed by atoms with Gasteiger partial charge in [0.25, 0.3) is 0 Å². The molecule has 2 rings (SSSR count). The van der Waals surface area contributed by atoms with Crippen LogP contribution in [-0.2, 0) is 4.79 Å². The van der Waals surface area contributed by atoms with Crippen molar-refractivity contribution >= 4 is 17.9 Å². The van der Waals surface area contributed by atoms with Gasteiger partial charge in [0.05, 0.1) is 0 Å². The monoisotopic (exact) mass is 307 g/mol. The number of rotatable bonds is 5. The highest BCUT2D eigenvalue weighted by atomic mass is 35.5. The Hall–Kier alpha value is -0.860. The van der Waals surface area contributed by atoms with Crippen molar-refractivity contribution < 1.29 is 4.79 Å². The van der Waals surface area contributed by atoms with E-state index in [1.807, 2.05) is 18.2 Å². The lowest BCUT2D eigenvalue weighted by molar-refractivity contribution is -0.120. The molecule has 1 fully saturated rings. The van der Waals surface area contributed by atoms with Crippen molar-refractivity contribution in [2.75, 3.05) is 13.6 Å². The summed E-state index contributed by atoms with van der Waals surface area (Å²) in [5, 5.41) is 0.768. The molecule has 0 N–H and O–H groups in total. The zero-order chi connectivity index (χ0) is 15.5. The maximum absolute atomic E-state index is 11.7. The predicted molar refractivity (Wildman–Crippen MR) is 88.6 cm³/mol. The van der Waals surface area contributed by atoms with E-state index >= 15 is 0 Å². The molecule has 1 aromatic rings. The van der Waals surface area contributed by atoms with Crippen LogP contribution in [-0.4, -0.2) is 24.8 Å². The number of hydrogen-bond donors (Lipinski definition) is 0. The lowest BCUT2D eigenvalue weighted by Gasteiger charge is -2.40. The molecule has 1 aromatic carbocycles. The highest BCUT2D eigenvalue weighted by Crippen LogP contribution is 2.39. The Morgan fingerprint density at radius 2 is 2.29 bits per heavy atom. The quantitative estimate of drug-likeness (QED) is 0.733. The number of carbonyl (C=O) groups is 1. The van der Waals surface area contributed by atoms with Gasteiger partial charge in [-0.25, -0.2) is 0 Å². The molecule has 3 atom stereocenters. The van der Waals surface area contributed by atoms with E-state index in [1.165, 1.54) is 24.7 Å². The van der Waals surface area contributed by atoms with Gasteiger partial charge in [-0.1, -0.05) is 43.5 Å². The van der Waals surface area contributed by atoms with E-state index < -0.39 is 0 Å². The van der Waals surface area contributed by atoms with Crippen LogP contribution in [0.15, 0.2) is 24.3 Å². The van der Waals surface area contributed by atoms with Gasteiger partial charge in [-0.2, -0.15) is 0 Å². The zero-order valence-electron chi connectivity index (χ0n) is 13.3. The Labute approximate surface area is 133 Å². The minimum Gasteiger partial charge on any atom is -0.303 e. The van der Waals surface area contributed by atoms with Gasteiger partial charge >= 0.3 is 0 Å². The van der Waals surface area contributed by atoms with Gasteiger partial charge < -0.3 is 4.79 Å². The van der Waals surface area contributed by atoms with Crippen molar-refractivity contribution in [1.82, 2.24) is 4.90 Å². The normalized spacial score (nSPS) is 27.6. The van der Waals surface area contributed by atoms with Crippen molar-refractivity contribution in [2.24, 2.45) is 11.3 Å². The molecule has 0 bridgehead atoms. The Kier molecular flexibility index (Phi) is 5.45. The highest BCUT2D eigenvalue weighted by molar-refractivity contribution is 6.30. The van der Waals surface area contributed by atoms with Crippen molar-refractivity contribution in [3.05, 3.63) is 34.9 Å². The maximum Gasteiger partial charge on any atom is 0.127 e. The summed E-state index contributed by atoms with van der Waals surface area (Å²) in [6.07, 6.45) is 5.67. The SMILES string of the molecule is CC1CCCC(C=O)(CN(C)C(C)c2cccc(Cl)c2)C1. The third-order valence-corrected chi connectivity index (χ3v) is 5.17. The largest absolute Gasteiger partial charge is 0.303 e. The standard InChI is InChI=1S/C18H26ClNO/c1-14-6-5-9-18(11-14,13-21)12-20(3)15(2)16-7-4-8-17(19)10-16/h4,7-8,10,13-15H,5-6,9,11-12H2,1-3H3. The smallest absolute Gasteiger partial charge is 0.127 e. The summed E-state index contributed by atoms with van der Waals surface area (Å²) in [5.74, 6) is 0.652. The van der Waals surface area contributed by atoms with Crippen LogP contribution in [0, 0.1) is 11.3 Å². The first-order valence-electron chi connectivity index (χ1n) is 7.88. The second-order valence-corrected chi connectivity index (χ2v) is 7.26. The molecule has 0 aromatic heterocycles. The fraction of sp³-hybridized carbons (Fsp3) is 0.611. The minimum atomic E-state index is -0.167. The van der Waals surface area contributed by atoms with Crippen LogP contribution in [0.25, 0.3) is 0 Å². The molecular formula is C18H26ClNO. The lowest BCUT2D eigenvalue weighted by atomic mass is 9.70. The number of benzene rings is 1. The van der Waals surface area contributed by atoms with Gasteiger partial charge in [0.2, 0.25) is 0 Å². The number of carbonyl (C=O) groups excluding carboxylic acids is 1. The van der Waals surface area contributed by atoms with E-state index in [-0.39, 0.29) is 11.5 Å². The zero-order valence-corrected chi connectivity index (χ0v) is 14.1. The summed E-state index contributed by atoms with van der Waals surface area (Å²) in [7, 11) is 2.11. The molecule has 1 saturated carbocycles. The Morgan fingerprint density at radius 1 is 1.52 bits per heavy atom. The topological polar surface area (TPSA) is 20.3 Å². The molecule has 0 aliphatic heterocycles. The summed E-state index contributed by atoms with van der Waals surface area (Å²) in [6.45, 7) is 5.27. The second kappa shape index (κ2) is 6.93. The number of aldehydes is 1. The third-order valence-electron chi connectivity index (χ3n) is 4.93. The van der Waals surface area contributed by atoms with Gasteiger partial charge in [-0.3, -0.25) is 4.90 Å².